The van der Waals surface area contributed by atoms with Crippen LogP contribution in [0, 0.1) is 6.92 Å². The maximum absolute atomic E-state index is 12.5. The zero-order chi connectivity index (χ0) is 16.9. The van der Waals surface area contributed by atoms with E-state index >= 15 is 0 Å². The van der Waals surface area contributed by atoms with E-state index in [1.54, 1.807) is 0 Å². The van der Waals surface area contributed by atoms with E-state index in [0.29, 0.717) is 6.42 Å². The van der Waals surface area contributed by atoms with Crippen molar-refractivity contribution in [2.45, 2.75) is 26.4 Å². The molecule has 1 unspecified atom stereocenters. The lowest BCUT2D eigenvalue weighted by Gasteiger charge is -2.17. The summed E-state index contributed by atoms with van der Waals surface area (Å²) in [6.45, 7) is 3.95. The number of rotatable bonds is 5. The molecule has 24 heavy (non-hydrogen) atoms. The molecule has 122 valence electrons. The average molecular weight is 319 g/mol. The number of aryl methyl sites for hydroxylation is 1. The minimum atomic E-state index is -0.515. The van der Waals surface area contributed by atoms with E-state index in [9.17, 15) is 4.79 Å². The normalized spacial score (nSPS) is 11.9. The molecule has 0 saturated carbocycles. The molecule has 3 rings (SSSR count). The molecular weight excluding hydrogens is 298 g/mol. The molecule has 3 heteroatoms. The quantitative estimate of drug-likeness (QED) is 0.723. The smallest absolute Gasteiger partial charge is 0.265 e. The van der Waals surface area contributed by atoms with Crippen molar-refractivity contribution in [2.75, 3.05) is 5.32 Å². The highest BCUT2D eigenvalue weighted by Gasteiger charge is 2.18. The molecule has 1 N–H and O–H groups in total. The first-order valence-corrected chi connectivity index (χ1v) is 8.18. The number of amides is 1. The van der Waals surface area contributed by atoms with E-state index in [-0.39, 0.29) is 5.91 Å². The van der Waals surface area contributed by atoms with Crippen LogP contribution >= 0.6 is 0 Å². The highest BCUT2D eigenvalue weighted by molar-refractivity contribution is 5.96. The number of ether oxygens (including phenoxy) is 1. The maximum atomic E-state index is 12.5. The Bertz CT molecular complexity index is 857. The van der Waals surface area contributed by atoms with E-state index < -0.39 is 6.10 Å². The Hall–Kier alpha value is -2.81. The highest BCUT2D eigenvalue weighted by Crippen LogP contribution is 2.20. The topological polar surface area (TPSA) is 38.3 Å². The van der Waals surface area contributed by atoms with Crippen molar-refractivity contribution in [3.8, 4) is 5.75 Å². The van der Waals surface area contributed by atoms with Gasteiger partial charge in [0.1, 0.15) is 5.75 Å². The summed E-state index contributed by atoms with van der Waals surface area (Å²) in [5.74, 6) is 0.588. The monoisotopic (exact) mass is 319 g/mol. The fourth-order valence-electron chi connectivity index (χ4n) is 2.66. The van der Waals surface area contributed by atoms with Crippen LogP contribution in [0.25, 0.3) is 10.8 Å². The summed E-state index contributed by atoms with van der Waals surface area (Å²) >= 11 is 0. The van der Waals surface area contributed by atoms with Gasteiger partial charge in [-0.3, -0.25) is 4.79 Å². The molecule has 3 nitrogen and oxygen atoms in total. The number of carbonyl (C=O) groups excluding carboxylic acids is 1. The van der Waals surface area contributed by atoms with Gasteiger partial charge in [-0.15, -0.1) is 0 Å². The Balaban J connectivity index is 1.73. The second-order valence-electron chi connectivity index (χ2n) is 5.88. The van der Waals surface area contributed by atoms with Crippen LogP contribution in [0.1, 0.15) is 18.9 Å². The molecule has 0 spiro atoms. The molecule has 3 aromatic rings. The van der Waals surface area contributed by atoms with E-state index in [1.165, 1.54) is 0 Å². The molecule has 0 aliphatic heterocycles. The summed E-state index contributed by atoms with van der Waals surface area (Å²) in [6, 6.07) is 21.7. The zero-order valence-electron chi connectivity index (χ0n) is 14.0. The van der Waals surface area contributed by atoms with Gasteiger partial charge < -0.3 is 10.1 Å². The maximum Gasteiger partial charge on any atom is 0.265 e. The third kappa shape index (κ3) is 3.74. The third-order valence-electron chi connectivity index (χ3n) is 3.95. The Morgan fingerprint density at radius 2 is 1.79 bits per heavy atom. The number of fused-ring (bicyclic) bond motifs is 1. The van der Waals surface area contributed by atoms with Crippen molar-refractivity contribution >= 4 is 22.4 Å². The van der Waals surface area contributed by atoms with Crippen LogP contribution in [-0.4, -0.2) is 12.0 Å². The predicted octanol–water partition coefficient (Wildman–Crippen LogP) is 4.94. The largest absolute Gasteiger partial charge is 0.481 e. The molecule has 1 amide bonds. The lowest BCUT2D eigenvalue weighted by Crippen LogP contribution is -2.32. The lowest BCUT2D eigenvalue weighted by molar-refractivity contribution is -0.122. The molecule has 3 aromatic carbocycles. The molecule has 0 bridgehead atoms. The van der Waals surface area contributed by atoms with Crippen molar-refractivity contribution in [2.24, 2.45) is 0 Å². The van der Waals surface area contributed by atoms with Gasteiger partial charge in [0, 0.05) is 5.69 Å². The third-order valence-corrected chi connectivity index (χ3v) is 3.95. The number of benzene rings is 3. The number of hydrogen-bond donors (Lipinski definition) is 1. The van der Waals surface area contributed by atoms with E-state index in [0.717, 1.165) is 27.8 Å². The molecule has 0 fully saturated rings. The van der Waals surface area contributed by atoms with Crippen molar-refractivity contribution in [1.29, 1.82) is 0 Å². The Morgan fingerprint density at radius 3 is 2.54 bits per heavy atom. The van der Waals surface area contributed by atoms with Gasteiger partial charge in [-0.2, -0.15) is 0 Å². The Labute approximate surface area is 142 Å². The molecule has 0 saturated heterocycles. The summed E-state index contributed by atoms with van der Waals surface area (Å²) in [7, 11) is 0. The van der Waals surface area contributed by atoms with Crippen LogP contribution in [-0.2, 0) is 4.79 Å². The van der Waals surface area contributed by atoms with Gasteiger partial charge in [-0.1, -0.05) is 49.4 Å². The summed E-state index contributed by atoms with van der Waals surface area (Å²) in [6.07, 6.45) is 0.0890. The minimum Gasteiger partial charge on any atom is -0.481 e. The minimum absolute atomic E-state index is 0.130. The second-order valence-corrected chi connectivity index (χ2v) is 5.88. The van der Waals surface area contributed by atoms with Crippen molar-refractivity contribution in [3.63, 3.8) is 0 Å². The Kier molecular flexibility index (Phi) is 4.80. The standard InChI is InChI=1S/C21H21NO2/c1-3-20(24-19-10-6-7-15(2)13-19)21(23)22-18-12-11-16-8-4-5-9-17(16)14-18/h4-14,20H,3H2,1-2H3,(H,22,23). The Morgan fingerprint density at radius 1 is 1.00 bits per heavy atom. The fourth-order valence-corrected chi connectivity index (χ4v) is 2.66. The van der Waals surface area contributed by atoms with E-state index in [4.69, 9.17) is 4.74 Å². The number of anilines is 1. The van der Waals surface area contributed by atoms with E-state index in [2.05, 4.69) is 11.4 Å². The van der Waals surface area contributed by atoms with Crippen LogP contribution in [0.4, 0.5) is 5.69 Å². The van der Waals surface area contributed by atoms with Gasteiger partial charge in [0.15, 0.2) is 6.10 Å². The lowest BCUT2D eigenvalue weighted by atomic mass is 10.1. The van der Waals surface area contributed by atoms with Crippen LogP contribution in [0.15, 0.2) is 66.7 Å². The number of carbonyl (C=O) groups is 1. The molecular formula is C21H21NO2. The molecule has 0 heterocycles. The molecule has 1 atom stereocenters. The van der Waals surface area contributed by atoms with Crippen LogP contribution < -0.4 is 10.1 Å². The van der Waals surface area contributed by atoms with E-state index in [1.807, 2.05) is 74.5 Å². The number of hydrogen-bond acceptors (Lipinski definition) is 2. The highest BCUT2D eigenvalue weighted by atomic mass is 16.5. The molecule has 0 aliphatic rings. The molecule has 0 radical (unpaired) electrons. The summed E-state index contributed by atoms with van der Waals surface area (Å²) < 4.78 is 5.85. The van der Waals surface area contributed by atoms with Crippen LogP contribution in [0.2, 0.25) is 0 Å². The molecule has 0 aromatic heterocycles. The first kappa shape index (κ1) is 16.1. The zero-order valence-corrected chi connectivity index (χ0v) is 14.0. The SMILES string of the molecule is CCC(Oc1cccc(C)c1)C(=O)Nc1ccc2ccccc2c1. The van der Waals surface area contributed by atoms with Gasteiger partial charge in [-0.25, -0.2) is 0 Å². The summed E-state index contributed by atoms with van der Waals surface area (Å²) in [5.41, 5.74) is 1.89. The predicted molar refractivity (Wildman–Crippen MR) is 98.5 cm³/mol. The average Bonchev–Trinajstić information content (AvgIpc) is 2.59. The second kappa shape index (κ2) is 7.18. The van der Waals surface area contributed by atoms with Gasteiger partial charge >= 0.3 is 0 Å². The first-order chi connectivity index (χ1) is 11.7. The summed E-state index contributed by atoms with van der Waals surface area (Å²) in [5, 5.41) is 5.21. The van der Waals surface area contributed by atoms with Crippen LogP contribution in [0.5, 0.6) is 5.75 Å². The van der Waals surface area contributed by atoms with Crippen LogP contribution in [0.3, 0.4) is 0 Å². The fraction of sp³-hybridized carbons (Fsp3) is 0.190. The molecule has 0 aliphatic carbocycles. The van der Waals surface area contributed by atoms with Gasteiger partial charge in [0.25, 0.3) is 5.91 Å². The number of nitrogens with one attached hydrogen (secondary N) is 1. The van der Waals surface area contributed by atoms with Gasteiger partial charge in [0.05, 0.1) is 0 Å². The van der Waals surface area contributed by atoms with Crippen molar-refractivity contribution in [1.82, 2.24) is 0 Å². The van der Waals surface area contributed by atoms with Crippen molar-refractivity contribution < 1.29 is 9.53 Å². The van der Waals surface area contributed by atoms with Crippen molar-refractivity contribution in [3.05, 3.63) is 72.3 Å². The van der Waals surface area contributed by atoms with Gasteiger partial charge in [0.2, 0.25) is 0 Å². The summed E-state index contributed by atoms with van der Waals surface area (Å²) in [4.78, 5) is 12.5. The van der Waals surface area contributed by atoms with Gasteiger partial charge in [-0.05, 0) is 53.9 Å². The first-order valence-electron chi connectivity index (χ1n) is 8.18.